The summed E-state index contributed by atoms with van der Waals surface area (Å²) in [4.78, 5) is 0. The van der Waals surface area contributed by atoms with Crippen molar-refractivity contribution >= 4 is 0 Å². The van der Waals surface area contributed by atoms with Gasteiger partial charge >= 0.3 is 0 Å². The number of rotatable bonds is 7. The van der Waals surface area contributed by atoms with E-state index < -0.39 is 0 Å². The molecule has 0 aliphatic carbocycles. The van der Waals surface area contributed by atoms with Crippen molar-refractivity contribution in [2.24, 2.45) is 10.8 Å². The minimum absolute atomic E-state index is 0.270. The van der Waals surface area contributed by atoms with E-state index in [0.717, 1.165) is 26.2 Å². The second kappa shape index (κ2) is 6.61. The molecule has 0 aliphatic rings. The van der Waals surface area contributed by atoms with E-state index in [9.17, 15) is 0 Å². The van der Waals surface area contributed by atoms with E-state index in [1.807, 2.05) is 0 Å². The minimum atomic E-state index is 0.270. The molecule has 0 rings (SSSR count). The first-order valence-electron chi connectivity index (χ1n) is 6.43. The zero-order valence-corrected chi connectivity index (χ0v) is 12.3. The largest absolute Gasteiger partial charge is 0.380 e. The first kappa shape index (κ1) is 15.9. The molecule has 0 fully saturated rings. The van der Waals surface area contributed by atoms with Crippen molar-refractivity contribution in [1.82, 2.24) is 5.32 Å². The van der Waals surface area contributed by atoms with Crippen molar-refractivity contribution in [3.05, 3.63) is 0 Å². The maximum absolute atomic E-state index is 5.79. The predicted molar refractivity (Wildman–Crippen MR) is 71.8 cm³/mol. The molecule has 0 amide bonds. The number of nitrogens with one attached hydrogen (secondary N) is 1. The molecule has 0 bridgehead atoms. The van der Waals surface area contributed by atoms with E-state index in [-0.39, 0.29) is 10.8 Å². The molecule has 0 atom stereocenters. The fourth-order valence-electron chi connectivity index (χ4n) is 1.40. The van der Waals surface area contributed by atoms with Crippen LogP contribution in [0.1, 0.15) is 54.9 Å². The summed E-state index contributed by atoms with van der Waals surface area (Å²) < 4.78 is 5.79. The van der Waals surface area contributed by atoms with Crippen molar-refractivity contribution < 1.29 is 4.74 Å². The summed E-state index contributed by atoms with van der Waals surface area (Å²) in [6.07, 6.45) is 1.16. The second-order valence-corrected chi connectivity index (χ2v) is 7.08. The summed E-state index contributed by atoms with van der Waals surface area (Å²) in [7, 11) is 0. The number of hydrogen-bond acceptors (Lipinski definition) is 2. The third kappa shape index (κ3) is 10.4. The van der Waals surface area contributed by atoms with Crippen LogP contribution in [0, 0.1) is 10.8 Å². The predicted octanol–water partition coefficient (Wildman–Crippen LogP) is 3.46. The quantitative estimate of drug-likeness (QED) is 0.722. The van der Waals surface area contributed by atoms with E-state index in [1.54, 1.807) is 0 Å². The van der Waals surface area contributed by atoms with Crippen molar-refractivity contribution in [1.29, 1.82) is 0 Å². The molecule has 0 saturated carbocycles. The van der Waals surface area contributed by atoms with E-state index in [1.165, 1.54) is 0 Å². The highest BCUT2D eigenvalue weighted by Crippen LogP contribution is 2.22. The van der Waals surface area contributed by atoms with Crippen LogP contribution in [0.25, 0.3) is 0 Å². The summed E-state index contributed by atoms with van der Waals surface area (Å²) in [5, 5.41) is 3.45. The highest BCUT2D eigenvalue weighted by molar-refractivity contribution is 4.71. The summed E-state index contributed by atoms with van der Waals surface area (Å²) in [5.74, 6) is 0. The topological polar surface area (TPSA) is 21.3 Å². The summed E-state index contributed by atoms with van der Waals surface area (Å²) in [5.41, 5.74) is 0.541. The Labute approximate surface area is 102 Å². The molecule has 1 N–H and O–H groups in total. The van der Waals surface area contributed by atoms with Crippen LogP contribution in [-0.2, 0) is 4.74 Å². The minimum Gasteiger partial charge on any atom is -0.380 e. The first-order chi connectivity index (χ1) is 7.12. The molecular formula is C14H31NO. The molecule has 98 valence electrons. The average molecular weight is 229 g/mol. The molecule has 0 aromatic rings. The standard InChI is InChI=1S/C14H31NO/c1-12(2)15-9-8-14(6,7)11-16-10-13(3,4)5/h12,15H,8-11H2,1-7H3. The lowest BCUT2D eigenvalue weighted by Crippen LogP contribution is -2.30. The van der Waals surface area contributed by atoms with Gasteiger partial charge in [0.25, 0.3) is 0 Å². The lowest BCUT2D eigenvalue weighted by atomic mass is 9.90. The van der Waals surface area contributed by atoms with Crippen LogP contribution < -0.4 is 5.32 Å². The molecule has 0 unspecified atom stereocenters. The third-order valence-electron chi connectivity index (χ3n) is 2.38. The van der Waals surface area contributed by atoms with Crippen LogP contribution in [0.4, 0.5) is 0 Å². The van der Waals surface area contributed by atoms with E-state index in [0.29, 0.717) is 6.04 Å². The first-order valence-corrected chi connectivity index (χ1v) is 6.43. The molecule has 0 aliphatic heterocycles. The monoisotopic (exact) mass is 229 g/mol. The highest BCUT2D eigenvalue weighted by Gasteiger charge is 2.19. The second-order valence-electron chi connectivity index (χ2n) is 7.08. The van der Waals surface area contributed by atoms with Crippen molar-refractivity contribution in [3.63, 3.8) is 0 Å². The molecule has 2 heteroatoms. The van der Waals surface area contributed by atoms with Crippen LogP contribution in [0.5, 0.6) is 0 Å². The zero-order valence-electron chi connectivity index (χ0n) is 12.3. The van der Waals surface area contributed by atoms with Gasteiger partial charge in [-0.15, -0.1) is 0 Å². The Hall–Kier alpha value is -0.0800. The molecule has 16 heavy (non-hydrogen) atoms. The van der Waals surface area contributed by atoms with Crippen molar-refractivity contribution in [3.8, 4) is 0 Å². The van der Waals surface area contributed by atoms with Gasteiger partial charge in [0.1, 0.15) is 0 Å². The molecule has 0 heterocycles. The van der Waals surface area contributed by atoms with Gasteiger partial charge in [-0.2, -0.15) is 0 Å². The van der Waals surface area contributed by atoms with Gasteiger partial charge in [0, 0.05) is 6.04 Å². The fourth-order valence-corrected chi connectivity index (χ4v) is 1.40. The van der Waals surface area contributed by atoms with Gasteiger partial charge in [0.15, 0.2) is 0 Å². The molecule has 0 aromatic heterocycles. The SMILES string of the molecule is CC(C)NCCC(C)(C)COCC(C)(C)C. The van der Waals surface area contributed by atoms with E-state index in [2.05, 4.69) is 53.8 Å². The Morgan fingerprint density at radius 2 is 1.56 bits per heavy atom. The molecule has 0 spiro atoms. The molecular weight excluding hydrogens is 198 g/mol. The van der Waals surface area contributed by atoms with Gasteiger partial charge in [-0.1, -0.05) is 48.5 Å². The Kier molecular flexibility index (Phi) is 6.57. The number of hydrogen-bond donors (Lipinski definition) is 1. The van der Waals surface area contributed by atoms with Gasteiger partial charge < -0.3 is 10.1 Å². The average Bonchev–Trinajstić information content (AvgIpc) is 1.99. The van der Waals surface area contributed by atoms with Crippen LogP contribution in [0.3, 0.4) is 0 Å². The van der Waals surface area contributed by atoms with E-state index in [4.69, 9.17) is 4.74 Å². The van der Waals surface area contributed by atoms with Crippen LogP contribution in [0.15, 0.2) is 0 Å². The van der Waals surface area contributed by atoms with Gasteiger partial charge in [-0.05, 0) is 23.8 Å². The van der Waals surface area contributed by atoms with Crippen molar-refractivity contribution in [2.45, 2.75) is 60.9 Å². The Balaban J connectivity index is 3.70. The smallest absolute Gasteiger partial charge is 0.0517 e. The number of ether oxygens (including phenoxy) is 1. The van der Waals surface area contributed by atoms with Gasteiger partial charge in [-0.3, -0.25) is 0 Å². The Morgan fingerprint density at radius 1 is 1.00 bits per heavy atom. The maximum Gasteiger partial charge on any atom is 0.0517 e. The molecule has 0 saturated heterocycles. The van der Waals surface area contributed by atoms with Gasteiger partial charge in [-0.25, -0.2) is 0 Å². The lowest BCUT2D eigenvalue weighted by molar-refractivity contribution is 0.0182. The van der Waals surface area contributed by atoms with Crippen LogP contribution in [0.2, 0.25) is 0 Å². The maximum atomic E-state index is 5.79. The highest BCUT2D eigenvalue weighted by atomic mass is 16.5. The van der Waals surface area contributed by atoms with Crippen molar-refractivity contribution in [2.75, 3.05) is 19.8 Å². The van der Waals surface area contributed by atoms with Gasteiger partial charge in [0.05, 0.1) is 13.2 Å². The zero-order chi connectivity index (χ0) is 12.8. The Morgan fingerprint density at radius 3 is 2.00 bits per heavy atom. The molecule has 2 nitrogen and oxygen atoms in total. The third-order valence-corrected chi connectivity index (χ3v) is 2.38. The van der Waals surface area contributed by atoms with Gasteiger partial charge in [0.2, 0.25) is 0 Å². The summed E-state index contributed by atoms with van der Waals surface area (Å²) >= 11 is 0. The lowest BCUT2D eigenvalue weighted by Gasteiger charge is -2.27. The normalized spacial score (nSPS) is 13.5. The summed E-state index contributed by atoms with van der Waals surface area (Å²) in [6.45, 7) is 18.3. The molecule has 0 radical (unpaired) electrons. The fraction of sp³-hybridized carbons (Fsp3) is 1.00. The van der Waals surface area contributed by atoms with Crippen LogP contribution in [-0.4, -0.2) is 25.8 Å². The Bertz CT molecular complexity index is 180. The van der Waals surface area contributed by atoms with Crippen LogP contribution >= 0.6 is 0 Å². The molecule has 0 aromatic carbocycles. The summed E-state index contributed by atoms with van der Waals surface area (Å²) in [6, 6.07) is 0.575. The van der Waals surface area contributed by atoms with E-state index >= 15 is 0 Å².